The first kappa shape index (κ1) is 30.8. The molecule has 0 amide bonds. The van der Waals surface area contributed by atoms with E-state index in [2.05, 4.69) is 117 Å². The predicted octanol–water partition coefficient (Wildman–Crippen LogP) is 11.0. The summed E-state index contributed by atoms with van der Waals surface area (Å²) in [6.45, 7) is 4.66. The van der Waals surface area contributed by atoms with Crippen LogP contribution in [-0.2, 0) is 11.0 Å². The molecule has 0 saturated carbocycles. The Morgan fingerprint density at radius 2 is 1.20 bits per heavy atom. The highest BCUT2D eigenvalue weighted by Gasteiger charge is 2.47. The van der Waals surface area contributed by atoms with Gasteiger partial charge in [-0.05, 0) is 106 Å². The molecule has 0 N–H and O–H groups in total. The Morgan fingerprint density at radius 3 is 1.80 bits per heavy atom. The van der Waals surface area contributed by atoms with Gasteiger partial charge in [-0.1, -0.05) is 86.7 Å². The van der Waals surface area contributed by atoms with Crippen LogP contribution in [0.5, 0.6) is 23.0 Å². The molecule has 6 aromatic rings. The highest BCUT2D eigenvalue weighted by Crippen LogP contribution is 2.61. The standard InChI is InChI=1S/C45H40O4/c1-6-44(7-2)40-27-30(29-11-9-8-10-12-29)13-23-37(40)41-36-24-22-35(48-5)28-39(36)43-38(42(41)44)25-26-45(49-43,31-14-18-33(46-3)19-15-31)32-16-20-34(47-4)21-17-32/h8-28H,6-7H2,1-5H3. The Bertz CT molecular complexity index is 2160. The molecule has 1 heterocycles. The molecule has 8 rings (SSSR count). The first-order valence-corrected chi connectivity index (χ1v) is 17.1. The Labute approximate surface area is 288 Å². The summed E-state index contributed by atoms with van der Waals surface area (Å²) in [6, 6.07) is 40.5. The van der Waals surface area contributed by atoms with Gasteiger partial charge in [0.05, 0.1) is 21.3 Å². The first-order chi connectivity index (χ1) is 24.0. The van der Waals surface area contributed by atoms with Gasteiger partial charge in [0.1, 0.15) is 23.0 Å². The van der Waals surface area contributed by atoms with Crippen LogP contribution in [-0.4, -0.2) is 21.3 Å². The van der Waals surface area contributed by atoms with Crippen molar-refractivity contribution in [2.45, 2.75) is 37.7 Å². The molecule has 49 heavy (non-hydrogen) atoms. The smallest absolute Gasteiger partial charge is 0.178 e. The number of methoxy groups -OCH3 is 3. The molecular weight excluding hydrogens is 604 g/mol. The molecule has 6 aromatic carbocycles. The minimum Gasteiger partial charge on any atom is -0.497 e. The fourth-order valence-corrected chi connectivity index (χ4v) is 8.27. The van der Waals surface area contributed by atoms with E-state index in [1.54, 1.807) is 21.3 Å². The lowest BCUT2D eigenvalue weighted by atomic mass is 9.70. The number of benzene rings is 6. The molecule has 0 radical (unpaired) electrons. The van der Waals surface area contributed by atoms with Crippen LogP contribution < -0.4 is 18.9 Å². The molecule has 4 heteroatoms. The van der Waals surface area contributed by atoms with Crippen LogP contribution >= 0.6 is 0 Å². The van der Waals surface area contributed by atoms with E-state index in [0.717, 1.165) is 57.9 Å². The summed E-state index contributed by atoms with van der Waals surface area (Å²) < 4.78 is 24.4. The quantitative estimate of drug-likeness (QED) is 0.165. The van der Waals surface area contributed by atoms with E-state index >= 15 is 0 Å². The normalized spacial score (nSPS) is 14.8. The second kappa shape index (κ2) is 11.9. The lowest BCUT2D eigenvalue weighted by molar-refractivity contribution is 0.163. The maximum absolute atomic E-state index is 7.53. The van der Waals surface area contributed by atoms with Crippen molar-refractivity contribution in [3.8, 4) is 45.3 Å². The SMILES string of the molecule is CCC1(CC)c2cc(-c3ccccc3)ccc2-c2c1c1c(c3cc(OC)ccc23)OC(c2ccc(OC)cc2)(c2ccc(OC)cc2)C=C1. The molecule has 0 unspecified atom stereocenters. The van der Waals surface area contributed by atoms with Crippen molar-refractivity contribution in [3.05, 3.63) is 149 Å². The van der Waals surface area contributed by atoms with E-state index in [4.69, 9.17) is 18.9 Å². The molecule has 4 nitrogen and oxygen atoms in total. The molecule has 0 saturated heterocycles. The van der Waals surface area contributed by atoms with Crippen LogP contribution in [0.1, 0.15) is 54.5 Å². The van der Waals surface area contributed by atoms with Crippen LogP contribution in [0, 0.1) is 0 Å². The summed E-state index contributed by atoms with van der Waals surface area (Å²) in [5, 5.41) is 2.20. The molecule has 1 aliphatic carbocycles. The average Bonchev–Trinajstić information content (AvgIpc) is 3.48. The summed E-state index contributed by atoms with van der Waals surface area (Å²) in [7, 11) is 5.10. The van der Waals surface area contributed by atoms with Crippen molar-refractivity contribution < 1.29 is 18.9 Å². The first-order valence-electron chi connectivity index (χ1n) is 17.1. The van der Waals surface area contributed by atoms with Gasteiger partial charge < -0.3 is 18.9 Å². The van der Waals surface area contributed by atoms with Crippen LogP contribution in [0.3, 0.4) is 0 Å². The molecular formula is C45H40O4. The van der Waals surface area contributed by atoms with Gasteiger partial charge in [0.25, 0.3) is 0 Å². The van der Waals surface area contributed by atoms with Gasteiger partial charge in [0, 0.05) is 27.5 Å². The number of hydrogen-bond donors (Lipinski definition) is 0. The molecule has 1 aliphatic heterocycles. The zero-order chi connectivity index (χ0) is 33.8. The second-order valence-corrected chi connectivity index (χ2v) is 12.9. The van der Waals surface area contributed by atoms with E-state index in [-0.39, 0.29) is 5.41 Å². The summed E-state index contributed by atoms with van der Waals surface area (Å²) in [6.07, 6.45) is 6.48. The van der Waals surface area contributed by atoms with Crippen molar-refractivity contribution in [3.63, 3.8) is 0 Å². The third kappa shape index (κ3) is 4.58. The van der Waals surface area contributed by atoms with Gasteiger partial charge in [-0.15, -0.1) is 0 Å². The van der Waals surface area contributed by atoms with Gasteiger partial charge in [-0.3, -0.25) is 0 Å². The molecule has 244 valence electrons. The van der Waals surface area contributed by atoms with E-state index < -0.39 is 5.60 Å². The zero-order valence-electron chi connectivity index (χ0n) is 28.7. The Hall–Kier alpha value is -5.48. The molecule has 0 spiro atoms. The number of fused-ring (bicyclic) bond motifs is 8. The van der Waals surface area contributed by atoms with E-state index in [9.17, 15) is 0 Å². The highest BCUT2D eigenvalue weighted by atomic mass is 16.5. The number of ether oxygens (including phenoxy) is 4. The van der Waals surface area contributed by atoms with E-state index in [1.807, 2.05) is 24.3 Å². The summed E-state index contributed by atoms with van der Waals surface area (Å²) in [5.74, 6) is 3.25. The largest absolute Gasteiger partial charge is 0.497 e. The minimum absolute atomic E-state index is 0.193. The molecule has 0 atom stereocenters. The number of hydrogen-bond acceptors (Lipinski definition) is 4. The molecule has 2 aliphatic rings. The van der Waals surface area contributed by atoms with Gasteiger partial charge >= 0.3 is 0 Å². The van der Waals surface area contributed by atoms with Crippen molar-refractivity contribution in [2.75, 3.05) is 21.3 Å². The van der Waals surface area contributed by atoms with Gasteiger partial charge in [-0.25, -0.2) is 0 Å². The van der Waals surface area contributed by atoms with Crippen LogP contribution in [0.25, 0.3) is 39.1 Å². The van der Waals surface area contributed by atoms with Crippen molar-refractivity contribution >= 4 is 16.8 Å². The van der Waals surface area contributed by atoms with E-state index in [0.29, 0.717) is 0 Å². The van der Waals surface area contributed by atoms with Crippen LogP contribution in [0.15, 0.2) is 121 Å². The third-order valence-corrected chi connectivity index (χ3v) is 10.9. The second-order valence-electron chi connectivity index (χ2n) is 12.9. The molecule has 0 bridgehead atoms. The highest BCUT2D eigenvalue weighted by molar-refractivity contribution is 6.09. The van der Waals surface area contributed by atoms with Gasteiger partial charge in [0.2, 0.25) is 0 Å². The zero-order valence-corrected chi connectivity index (χ0v) is 28.7. The average molecular weight is 645 g/mol. The lowest BCUT2D eigenvalue weighted by Crippen LogP contribution is -2.35. The predicted molar refractivity (Wildman–Crippen MR) is 199 cm³/mol. The summed E-state index contributed by atoms with van der Waals surface area (Å²) in [4.78, 5) is 0. The maximum Gasteiger partial charge on any atom is 0.178 e. The summed E-state index contributed by atoms with van der Waals surface area (Å²) in [5.41, 5.74) is 9.84. The Balaban J connectivity index is 1.43. The van der Waals surface area contributed by atoms with Gasteiger partial charge in [-0.2, -0.15) is 0 Å². The van der Waals surface area contributed by atoms with Crippen LogP contribution in [0.2, 0.25) is 0 Å². The van der Waals surface area contributed by atoms with Crippen molar-refractivity contribution in [1.29, 1.82) is 0 Å². The Morgan fingerprint density at radius 1 is 0.592 bits per heavy atom. The molecule has 0 aromatic heterocycles. The fourth-order valence-electron chi connectivity index (χ4n) is 8.27. The Kier molecular flexibility index (Phi) is 7.48. The minimum atomic E-state index is -0.900. The monoisotopic (exact) mass is 644 g/mol. The molecule has 0 fully saturated rings. The number of rotatable bonds is 8. The topological polar surface area (TPSA) is 36.9 Å². The fraction of sp³-hybridized carbons (Fsp3) is 0.200. The van der Waals surface area contributed by atoms with Crippen molar-refractivity contribution in [2.24, 2.45) is 0 Å². The van der Waals surface area contributed by atoms with E-state index in [1.165, 1.54) is 38.8 Å². The lowest BCUT2D eigenvalue weighted by Gasteiger charge is -2.39. The van der Waals surface area contributed by atoms with Crippen LogP contribution in [0.4, 0.5) is 0 Å². The maximum atomic E-state index is 7.53. The summed E-state index contributed by atoms with van der Waals surface area (Å²) >= 11 is 0. The third-order valence-electron chi connectivity index (χ3n) is 10.9. The van der Waals surface area contributed by atoms with Gasteiger partial charge in [0.15, 0.2) is 5.60 Å². The van der Waals surface area contributed by atoms with Crippen molar-refractivity contribution in [1.82, 2.24) is 0 Å².